The van der Waals surface area contributed by atoms with Gasteiger partial charge in [-0.3, -0.25) is 4.68 Å². The summed E-state index contributed by atoms with van der Waals surface area (Å²) in [5.74, 6) is -0.636. The van der Waals surface area contributed by atoms with Crippen molar-refractivity contribution in [2.75, 3.05) is 0 Å². The van der Waals surface area contributed by atoms with Gasteiger partial charge in [0.2, 0.25) is 0 Å². The number of hydrogen-bond donors (Lipinski definition) is 1. The van der Waals surface area contributed by atoms with Crippen molar-refractivity contribution < 1.29 is 9.50 Å². The van der Waals surface area contributed by atoms with Gasteiger partial charge in [-0.15, -0.1) is 0 Å². The molecule has 0 aliphatic rings. The number of aliphatic hydroxyl groups is 1. The van der Waals surface area contributed by atoms with Gasteiger partial charge in [0.25, 0.3) is 0 Å². The van der Waals surface area contributed by atoms with E-state index in [1.54, 1.807) is 17.8 Å². The second-order valence-electron chi connectivity index (χ2n) is 5.20. The van der Waals surface area contributed by atoms with Crippen LogP contribution in [0, 0.1) is 5.82 Å². The van der Waals surface area contributed by atoms with Gasteiger partial charge in [-0.05, 0) is 48.8 Å². The average Bonchev–Trinajstić information content (AvgIpc) is 2.76. The molecule has 2 aromatic rings. The van der Waals surface area contributed by atoms with Gasteiger partial charge in [0.1, 0.15) is 11.4 Å². The lowest BCUT2D eigenvalue weighted by atomic mass is 9.92. The first-order valence-electron chi connectivity index (χ1n) is 6.27. The predicted octanol–water partition coefficient (Wildman–Crippen LogP) is 4.93. The van der Waals surface area contributed by atoms with Gasteiger partial charge in [-0.25, -0.2) is 4.39 Å². The molecular formula is C14H14BrCl2FN2O. The van der Waals surface area contributed by atoms with Gasteiger partial charge in [0.05, 0.1) is 21.4 Å². The summed E-state index contributed by atoms with van der Waals surface area (Å²) < 4.78 is 16.0. The van der Waals surface area contributed by atoms with Crippen molar-refractivity contribution in [1.82, 2.24) is 9.78 Å². The molecule has 0 bridgehead atoms. The molecule has 0 fully saturated rings. The fraction of sp³-hybridized carbons (Fsp3) is 0.357. The van der Waals surface area contributed by atoms with Crippen LogP contribution < -0.4 is 0 Å². The number of nitrogens with zero attached hydrogens (tertiary/aromatic N) is 2. The molecule has 21 heavy (non-hydrogen) atoms. The average molecular weight is 396 g/mol. The molecule has 2 rings (SSSR count). The van der Waals surface area contributed by atoms with Crippen LogP contribution in [0.5, 0.6) is 0 Å². The smallest absolute Gasteiger partial charge is 0.142 e. The van der Waals surface area contributed by atoms with E-state index in [4.69, 9.17) is 23.2 Å². The van der Waals surface area contributed by atoms with Gasteiger partial charge in [-0.1, -0.05) is 23.2 Å². The minimum atomic E-state index is -1.53. The quantitative estimate of drug-likeness (QED) is 0.748. The minimum Gasteiger partial charge on any atom is -0.379 e. The molecule has 1 N–H and O–H groups in total. The summed E-state index contributed by atoms with van der Waals surface area (Å²) in [7, 11) is 0. The summed E-state index contributed by atoms with van der Waals surface area (Å²) in [6.45, 7) is 5.41. The Morgan fingerprint density at radius 3 is 2.52 bits per heavy atom. The third-order valence-corrected chi connectivity index (χ3v) is 4.42. The topological polar surface area (TPSA) is 38.0 Å². The first-order chi connectivity index (χ1) is 9.66. The van der Waals surface area contributed by atoms with E-state index in [-0.39, 0.29) is 21.7 Å². The third-order valence-electron chi connectivity index (χ3n) is 3.24. The highest BCUT2D eigenvalue weighted by molar-refractivity contribution is 9.10. The molecule has 1 atom stereocenters. The van der Waals surface area contributed by atoms with E-state index in [0.717, 1.165) is 6.07 Å². The van der Waals surface area contributed by atoms with E-state index in [9.17, 15) is 9.50 Å². The molecule has 7 heteroatoms. The third kappa shape index (κ3) is 2.97. The summed E-state index contributed by atoms with van der Waals surface area (Å²) in [5.41, 5.74) is -0.794. The van der Waals surface area contributed by atoms with Crippen LogP contribution in [0.25, 0.3) is 0 Å². The zero-order valence-corrected chi connectivity index (χ0v) is 14.8. The minimum absolute atomic E-state index is 0.0219. The zero-order chi connectivity index (χ0) is 15.9. The molecule has 0 radical (unpaired) electrons. The van der Waals surface area contributed by atoms with Crippen molar-refractivity contribution in [3.63, 3.8) is 0 Å². The van der Waals surface area contributed by atoms with Crippen molar-refractivity contribution in [3.8, 4) is 0 Å². The van der Waals surface area contributed by atoms with E-state index in [1.165, 1.54) is 6.07 Å². The Bertz CT molecular complexity index is 686. The highest BCUT2D eigenvalue weighted by Crippen LogP contribution is 2.40. The monoisotopic (exact) mass is 394 g/mol. The summed E-state index contributed by atoms with van der Waals surface area (Å²) in [5, 5.41) is 15.3. The van der Waals surface area contributed by atoms with Crippen molar-refractivity contribution in [2.24, 2.45) is 0 Å². The van der Waals surface area contributed by atoms with Crippen LogP contribution in [0.4, 0.5) is 4.39 Å². The molecule has 0 spiro atoms. The van der Waals surface area contributed by atoms with E-state index in [0.29, 0.717) is 10.2 Å². The number of aromatic nitrogens is 2. The molecule has 1 aromatic carbocycles. The number of benzene rings is 1. The van der Waals surface area contributed by atoms with Crippen molar-refractivity contribution in [3.05, 3.63) is 49.9 Å². The Kier molecular flexibility index (Phi) is 4.69. The molecule has 0 aliphatic carbocycles. The largest absolute Gasteiger partial charge is 0.379 e. The fourth-order valence-corrected chi connectivity index (χ4v) is 3.44. The normalized spacial score (nSPS) is 14.5. The lowest BCUT2D eigenvalue weighted by Crippen LogP contribution is -2.28. The van der Waals surface area contributed by atoms with Crippen LogP contribution in [0.3, 0.4) is 0 Å². The van der Waals surface area contributed by atoms with Gasteiger partial charge in [0.15, 0.2) is 0 Å². The molecule has 0 amide bonds. The van der Waals surface area contributed by atoms with Crippen molar-refractivity contribution in [1.29, 1.82) is 0 Å². The molecular weight excluding hydrogens is 382 g/mol. The van der Waals surface area contributed by atoms with E-state index < -0.39 is 11.4 Å². The molecule has 0 saturated heterocycles. The van der Waals surface area contributed by atoms with Crippen molar-refractivity contribution >= 4 is 39.1 Å². The van der Waals surface area contributed by atoms with Crippen LogP contribution >= 0.6 is 39.1 Å². The van der Waals surface area contributed by atoms with Gasteiger partial charge in [0, 0.05) is 16.6 Å². The number of rotatable bonds is 3. The first-order valence-corrected chi connectivity index (χ1v) is 7.82. The van der Waals surface area contributed by atoms with Crippen molar-refractivity contribution in [2.45, 2.75) is 32.4 Å². The highest BCUT2D eigenvalue weighted by Gasteiger charge is 2.35. The Morgan fingerprint density at radius 1 is 1.33 bits per heavy atom. The Labute approximate surface area is 140 Å². The number of hydrogen-bond acceptors (Lipinski definition) is 2. The summed E-state index contributed by atoms with van der Waals surface area (Å²) in [4.78, 5) is 0. The van der Waals surface area contributed by atoms with Crippen LogP contribution in [0.1, 0.15) is 38.1 Å². The molecule has 0 saturated carbocycles. The molecule has 1 unspecified atom stereocenters. The fourth-order valence-electron chi connectivity index (χ4n) is 2.21. The highest BCUT2D eigenvalue weighted by atomic mass is 79.9. The van der Waals surface area contributed by atoms with E-state index >= 15 is 0 Å². The van der Waals surface area contributed by atoms with E-state index in [1.807, 2.05) is 13.8 Å². The molecule has 3 nitrogen and oxygen atoms in total. The summed E-state index contributed by atoms with van der Waals surface area (Å²) in [6, 6.07) is 2.45. The summed E-state index contributed by atoms with van der Waals surface area (Å²) >= 11 is 15.2. The van der Waals surface area contributed by atoms with Crippen LogP contribution in [0.2, 0.25) is 10.0 Å². The molecule has 114 valence electrons. The maximum absolute atomic E-state index is 13.8. The lowest BCUT2D eigenvalue weighted by molar-refractivity contribution is 0.0890. The number of halogens is 4. The maximum atomic E-state index is 13.8. The van der Waals surface area contributed by atoms with Gasteiger partial charge < -0.3 is 5.11 Å². The molecule has 1 heterocycles. The second kappa shape index (κ2) is 5.88. The Morgan fingerprint density at radius 2 is 1.95 bits per heavy atom. The van der Waals surface area contributed by atoms with Crippen LogP contribution in [-0.2, 0) is 5.60 Å². The SMILES string of the molecule is CC(C)n1ncc(Br)c1C(C)(O)c1cc(F)c(Cl)cc1Cl. The van der Waals surface area contributed by atoms with Gasteiger partial charge in [-0.2, -0.15) is 5.10 Å². The van der Waals surface area contributed by atoms with E-state index in [2.05, 4.69) is 21.0 Å². The van der Waals surface area contributed by atoms with Gasteiger partial charge >= 0.3 is 0 Å². The first kappa shape index (κ1) is 16.7. The maximum Gasteiger partial charge on any atom is 0.142 e. The lowest BCUT2D eigenvalue weighted by Gasteiger charge is -2.28. The molecule has 1 aromatic heterocycles. The Balaban J connectivity index is 2.68. The Hall–Kier alpha value is -0.620. The molecule has 0 aliphatic heterocycles. The predicted molar refractivity (Wildman–Crippen MR) is 85.4 cm³/mol. The van der Waals surface area contributed by atoms with Crippen LogP contribution in [0.15, 0.2) is 22.8 Å². The standard InChI is InChI=1S/C14H14BrCl2FN2O/c1-7(2)20-13(9(15)6-19-20)14(3,21)8-4-12(18)11(17)5-10(8)16/h4-7,21H,1-3H3. The summed E-state index contributed by atoms with van der Waals surface area (Å²) in [6.07, 6.45) is 1.59. The second-order valence-corrected chi connectivity index (χ2v) is 6.87. The zero-order valence-electron chi connectivity index (χ0n) is 11.7. The van der Waals surface area contributed by atoms with Crippen LogP contribution in [-0.4, -0.2) is 14.9 Å².